The molecule has 2 aromatic carbocycles. The molecule has 8 heteroatoms. The van der Waals surface area contributed by atoms with Crippen molar-refractivity contribution in [3.63, 3.8) is 0 Å². The summed E-state index contributed by atoms with van der Waals surface area (Å²) in [5.41, 5.74) is 0.124. The van der Waals surface area contributed by atoms with Crippen LogP contribution in [0.2, 0.25) is 0 Å². The number of aromatic nitrogens is 3. The van der Waals surface area contributed by atoms with Crippen molar-refractivity contribution in [1.29, 1.82) is 0 Å². The summed E-state index contributed by atoms with van der Waals surface area (Å²) >= 11 is 0. The van der Waals surface area contributed by atoms with E-state index in [4.69, 9.17) is 5.11 Å². The highest BCUT2D eigenvalue weighted by molar-refractivity contribution is 5.67. The molecule has 0 aliphatic heterocycles. The number of hydrogen-bond acceptors (Lipinski definition) is 4. The van der Waals surface area contributed by atoms with E-state index >= 15 is 0 Å². The van der Waals surface area contributed by atoms with Crippen LogP contribution in [0.1, 0.15) is 5.56 Å². The summed E-state index contributed by atoms with van der Waals surface area (Å²) in [5.74, 6) is -1.67. The molecule has 0 amide bonds. The van der Waals surface area contributed by atoms with Crippen LogP contribution >= 0.6 is 0 Å². The lowest BCUT2D eigenvalue weighted by Gasteiger charge is -2.07. The van der Waals surface area contributed by atoms with Crippen LogP contribution in [0.5, 0.6) is 5.75 Å². The number of halogens is 1. The van der Waals surface area contributed by atoms with E-state index in [0.29, 0.717) is 5.56 Å². The minimum absolute atomic E-state index is 0.0140. The summed E-state index contributed by atoms with van der Waals surface area (Å²) in [6.07, 6.45) is 0. The van der Waals surface area contributed by atoms with E-state index in [9.17, 15) is 19.1 Å². The third kappa shape index (κ3) is 3.42. The van der Waals surface area contributed by atoms with Gasteiger partial charge in [0.1, 0.15) is 18.1 Å². The van der Waals surface area contributed by atoms with Crippen molar-refractivity contribution in [1.82, 2.24) is 14.3 Å². The molecule has 0 atom stereocenters. The zero-order valence-electron chi connectivity index (χ0n) is 13.0. The van der Waals surface area contributed by atoms with E-state index in [1.165, 1.54) is 28.8 Å². The molecule has 7 nitrogen and oxygen atoms in total. The van der Waals surface area contributed by atoms with Crippen LogP contribution in [0.4, 0.5) is 4.39 Å². The van der Waals surface area contributed by atoms with Crippen LogP contribution in [-0.2, 0) is 17.9 Å². The number of benzene rings is 2. The number of carbonyl (C=O) groups is 1. The summed E-state index contributed by atoms with van der Waals surface area (Å²) in [6, 6.07) is 12.0. The molecule has 128 valence electrons. The fraction of sp³-hybridized carbons (Fsp3) is 0.118. The van der Waals surface area contributed by atoms with Crippen molar-refractivity contribution in [2.75, 3.05) is 0 Å². The first-order valence-corrected chi connectivity index (χ1v) is 7.38. The van der Waals surface area contributed by atoms with Gasteiger partial charge in [0.25, 0.3) is 0 Å². The van der Waals surface area contributed by atoms with E-state index in [0.717, 1.165) is 4.68 Å². The third-order valence-corrected chi connectivity index (χ3v) is 3.58. The zero-order chi connectivity index (χ0) is 18.0. The maximum absolute atomic E-state index is 13.4. The van der Waals surface area contributed by atoms with Crippen LogP contribution in [0.25, 0.3) is 11.4 Å². The molecule has 0 saturated carbocycles. The molecule has 0 fully saturated rings. The van der Waals surface area contributed by atoms with Crippen LogP contribution in [0.15, 0.2) is 53.3 Å². The van der Waals surface area contributed by atoms with Gasteiger partial charge in [0, 0.05) is 0 Å². The van der Waals surface area contributed by atoms with Gasteiger partial charge < -0.3 is 10.2 Å². The Balaban J connectivity index is 2.14. The molecule has 1 aromatic heterocycles. The van der Waals surface area contributed by atoms with Gasteiger partial charge in [0.15, 0.2) is 5.82 Å². The quantitative estimate of drug-likeness (QED) is 0.735. The Kier molecular flexibility index (Phi) is 4.34. The van der Waals surface area contributed by atoms with Gasteiger partial charge in [0.2, 0.25) is 0 Å². The number of hydrogen-bond donors (Lipinski definition) is 2. The van der Waals surface area contributed by atoms with Gasteiger partial charge in [-0.1, -0.05) is 24.3 Å². The van der Waals surface area contributed by atoms with Crippen molar-refractivity contribution in [2.24, 2.45) is 0 Å². The van der Waals surface area contributed by atoms with Gasteiger partial charge in [-0.05, 0) is 29.8 Å². The first-order chi connectivity index (χ1) is 12.0. The molecule has 0 bridgehead atoms. The van der Waals surface area contributed by atoms with Crippen molar-refractivity contribution >= 4 is 5.97 Å². The van der Waals surface area contributed by atoms with E-state index in [2.05, 4.69) is 5.10 Å². The van der Waals surface area contributed by atoms with Gasteiger partial charge >= 0.3 is 11.7 Å². The molecule has 0 aliphatic rings. The summed E-state index contributed by atoms with van der Waals surface area (Å²) in [7, 11) is 0. The smallest absolute Gasteiger partial charge is 0.347 e. The van der Waals surface area contributed by atoms with Gasteiger partial charge in [-0.15, -0.1) is 5.10 Å². The van der Waals surface area contributed by atoms with Crippen molar-refractivity contribution in [3.8, 4) is 17.1 Å². The van der Waals surface area contributed by atoms with Crippen molar-refractivity contribution < 1.29 is 19.4 Å². The van der Waals surface area contributed by atoms with Gasteiger partial charge in [-0.2, -0.15) is 0 Å². The summed E-state index contributed by atoms with van der Waals surface area (Å²) in [6.45, 7) is -0.630. The standard InChI is InChI=1S/C17H14FN3O4/c18-12-5-3-4-11(8-12)9-20-16(13-6-1-2-7-14(13)22)19-21(17(20)25)10-15(23)24/h1-8,22H,9-10H2,(H,23,24). The first-order valence-electron chi connectivity index (χ1n) is 7.38. The second-order valence-corrected chi connectivity index (χ2v) is 5.39. The van der Waals surface area contributed by atoms with E-state index in [1.807, 2.05) is 0 Å². The fourth-order valence-corrected chi connectivity index (χ4v) is 2.49. The summed E-state index contributed by atoms with van der Waals surface area (Å²) < 4.78 is 15.4. The van der Waals surface area contributed by atoms with Gasteiger partial charge in [-0.25, -0.2) is 13.9 Å². The number of aliphatic carboxylic acids is 1. The van der Waals surface area contributed by atoms with E-state index < -0.39 is 24.0 Å². The topological polar surface area (TPSA) is 97.3 Å². The lowest BCUT2D eigenvalue weighted by Crippen LogP contribution is -2.28. The first kappa shape index (κ1) is 16.4. The molecule has 3 rings (SSSR count). The maximum atomic E-state index is 13.4. The molecule has 0 radical (unpaired) electrons. The number of carboxylic acids is 1. The van der Waals surface area contributed by atoms with Gasteiger partial charge in [0.05, 0.1) is 12.1 Å². The highest BCUT2D eigenvalue weighted by Crippen LogP contribution is 2.26. The Morgan fingerprint density at radius 3 is 2.60 bits per heavy atom. The van der Waals surface area contributed by atoms with Gasteiger partial charge in [-0.3, -0.25) is 9.36 Å². The van der Waals surface area contributed by atoms with E-state index in [1.54, 1.807) is 24.3 Å². The second-order valence-electron chi connectivity index (χ2n) is 5.39. The number of nitrogens with zero attached hydrogens (tertiary/aromatic N) is 3. The average Bonchev–Trinajstić information content (AvgIpc) is 2.84. The van der Waals surface area contributed by atoms with Crippen molar-refractivity contribution in [3.05, 3.63) is 70.4 Å². The predicted molar refractivity (Wildman–Crippen MR) is 86.7 cm³/mol. The Hall–Kier alpha value is -3.42. The number of rotatable bonds is 5. The highest BCUT2D eigenvalue weighted by Gasteiger charge is 2.19. The lowest BCUT2D eigenvalue weighted by molar-refractivity contribution is -0.137. The molecule has 1 heterocycles. The van der Waals surface area contributed by atoms with Crippen LogP contribution in [0.3, 0.4) is 0 Å². The Bertz CT molecular complexity index is 994. The molecule has 0 saturated heterocycles. The Labute approximate surface area is 141 Å². The number of aromatic hydroxyl groups is 1. The number of carboxylic acid groups (broad SMARTS) is 1. The predicted octanol–water partition coefficient (Wildman–Crippen LogP) is 1.69. The Morgan fingerprint density at radius 1 is 1.16 bits per heavy atom. The molecule has 25 heavy (non-hydrogen) atoms. The summed E-state index contributed by atoms with van der Waals surface area (Å²) in [4.78, 5) is 23.5. The molecule has 0 spiro atoms. The highest BCUT2D eigenvalue weighted by atomic mass is 19.1. The normalized spacial score (nSPS) is 10.8. The average molecular weight is 343 g/mol. The van der Waals surface area contributed by atoms with E-state index in [-0.39, 0.29) is 23.7 Å². The maximum Gasteiger partial charge on any atom is 0.347 e. The number of para-hydroxylation sites is 1. The fourth-order valence-electron chi connectivity index (χ4n) is 2.49. The number of phenolic OH excluding ortho intramolecular Hbond substituents is 1. The zero-order valence-corrected chi connectivity index (χ0v) is 13.0. The van der Waals surface area contributed by atoms with Crippen LogP contribution in [0, 0.1) is 5.82 Å². The molecular weight excluding hydrogens is 329 g/mol. The summed E-state index contributed by atoms with van der Waals surface area (Å²) in [5, 5.41) is 23.0. The monoisotopic (exact) mass is 343 g/mol. The molecule has 3 aromatic rings. The number of phenols is 1. The van der Waals surface area contributed by atoms with Crippen LogP contribution in [-0.4, -0.2) is 30.5 Å². The second kappa shape index (κ2) is 6.60. The molecular formula is C17H14FN3O4. The SMILES string of the molecule is O=C(O)Cn1nc(-c2ccccc2O)n(Cc2cccc(F)c2)c1=O. The lowest BCUT2D eigenvalue weighted by atomic mass is 10.1. The minimum Gasteiger partial charge on any atom is -0.507 e. The molecule has 2 N–H and O–H groups in total. The van der Waals surface area contributed by atoms with Crippen LogP contribution < -0.4 is 5.69 Å². The Morgan fingerprint density at radius 2 is 1.92 bits per heavy atom. The molecule has 0 unspecified atom stereocenters. The largest absolute Gasteiger partial charge is 0.507 e. The minimum atomic E-state index is -1.22. The third-order valence-electron chi connectivity index (χ3n) is 3.58. The molecule has 0 aliphatic carbocycles. The van der Waals surface area contributed by atoms with Crippen molar-refractivity contribution in [2.45, 2.75) is 13.1 Å².